The topological polar surface area (TPSA) is 52.1 Å². The van der Waals surface area contributed by atoms with Gasteiger partial charge in [0.15, 0.2) is 5.96 Å². The molecule has 1 aromatic rings. The van der Waals surface area contributed by atoms with Crippen molar-refractivity contribution in [2.45, 2.75) is 46.2 Å². The molecular formula is C24H42IN5O. The summed E-state index contributed by atoms with van der Waals surface area (Å²) in [4.78, 5) is 9.94. The van der Waals surface area contributed by atoms with Crippen molar-refractivity contribution >= 4 is 29.9 Å². The number of rotatable bonds is 12. The van der Waals surface area contributed by atoms with Gasteiger partial charge in [0.2, 0.25) is 0 Å². The average Bonchev–Trinajstić information content (AvgIpc) is 3.60. The van der Waals surface area contributed by atoms with Crippen LogP contribution in [-0.4, -0.2) is 74.8 Å². The zero-order chi connectivity index (χ0) is 21.0. The Kier molecular flexibility index (Phi) is 12.8. The molecule has 1 aliphatic carbocycles. The van der Waals surface area contributed by atoms with Gasteiger partial charge in [-0.25, -0.2) is 4.99 Å². The van der Waals surface area contributed by atoms with Crippen LogP contribution in [-0.2, 0) is 17.8 Å². The van der Waals surface area contributed by atoms with Crippen LogP contribution in [0.2, 0.25) is 0 Å². The number of benzene rings is 1. The molecule has 31 heavy (non-hydrogen) atoms. The van der Waals surface area contributed by atoms with Crippen LogP contribution in [0, 0.1) is 5.92 Å². The van der Waals surface area contributed by atoms with Gasteiger partial charge in [-0.1, -0.05) is 31.2 Å². The van der Waals surface area contributed by atoms with E-state index in [1.165, 1.54) is 37.1 Å². The molecule has 1 aliphatic heterocycles. The molecular weight excluding hydrogens is 501 g/mol. The summed E-state index contributed by atoms with van der Waals surface area (Å²) in [5.74, 6) is 1.73. The van der Waals surface area contributed by atoms with Crippen molar-refractivity contribution in [2.75, 3.05) is 59.0 Å². The largest absolute Gasteiger partial charge is 0.381 e. The van der Waals surface area contributed by atoms with Crippen molar-refractivity contribution in [3.63, 3.8) is 0 Å². The predicted octanol–water partition coefficient (Wildman–Crippen LogP) is 3.31. The van der Waals surface area contributed by atoms with Crippen LogP contribution in [0.3, 0.4) is 0 Å². The quantitative estimate of drug-likeness (QED) is 0.184. The van der Waals surface area contributed by atoms with E-state index in [9.17, 15) is 0 Å². The van der Waals surface area contributed by atoms with Gasteiger partial charge in [-0.3, -0.25) is 4.90 Å². The van der Waals surface area contributed by atoms with Crippen LogP contribution < -0.4 is 10.6 Å². The highest BCUT2D eigenvalue weighted by Gasteiger charge is 2.20. The molecule has 0 atom stereocenters. The van der Waals surface area contributed by atoms with E-state index in [4.69, 9.17) is 9.73 Å². The standard InChI is InChI=1S/C24H41N5O.HI/c1-3-25-24(26-12-7-17-30-20-21-10-11-21)27-18-22-8-5-6-9-23(22)19-29-15-13-28(4-2)14-16-29;/h5-6,8-9,21H,3-4,7,10-20H2,1-2H3,(H2,25,26,27);1H. The van der Waals surface area contributed by atoms with Gasteiger partial charge < -0.3 is 20.3 Å². The number of hydrogen-bond acceptors (Lipinski definition) is 4. The lowest BCUT2D eigenvalue weighted by Crippen LogP contribution is -2.45. The van der Waals surface area contributed by atoms with Crippen LogP contribution in [0.4, 0.5) is 0 Å². The van der Waals surface area contributed by atoms with Gasteiger partial charge in [0, 0.05) is 59.0 Å². The van der Waals surface area contributed by atoms with Gasteiger partial charge in [-0.15, -0.1) is 24.0 Å². The van der Waals surface area contributed by atoms with Crippen molar-refractivity contribution in [1.29, 1.82) is 0 Å². The third kappa shape index (κ3) is 10.1. The number of nitrogens with zero attached hydrogens (tertiary/aromatic N) is 3. The Labute approximate surface area is 206 Å². The number of hydrogen-bond donors (Lipinski definition) is 2. The zero-order valence-electron chi connectivity index (χ0n) is 19.4. The van der Waals surface area contributed by atoms with Gasteiger partial charge in [-0.2, -0.15) is 0 Å². The molecule has 0 aromatic heterocycles. The van der Waals surface area contributed by atoms with Gasteiger partial charge in [-0.05, 0) is 49.8 Å². The van der Waals surface area contributed by atoms with Gasteiger partial charge in [0.25, 0.3) is 0 Å². The first-order valence-corrected chi connectivity index (χ1v) is 11.9. The second kappa shape index (κ2) is 15.0. The average molecular weight is 544 g/mol. The predicted molar refractivity (Wildman–Crippen MR) is 140 cm³/mol. The lowest BCUT2D eigenvalue weighted by Gasteiger charge is -2.34. The first-order chi connectivity index (χ1) is 14.8. The minimum Gasteiger partial charge on any atom is -0.381 e. The van der Waals surface area contributed by atoms with Crippen molar-refractivity contribution in [3.05, 3.63) is 35.4 Å². The smallest absolute Gasteiger partial charge is 0.191 e. The Balaban J connectivity index is 0.00000341. The highest BCUT2D eigenvalue weighted by atomic mass is 127. The molecule has 1 aromatic carbocycles. The highest BCUT2D eigenvalue weighted by molar-refractivity contribution is 14.0. The number of likely N-dealkylation sites (N-methyl/N-ethyl adjacent to an activating group) is 1. The second-order valence-electron chi connectivity index (χ2n) is 8.47. The molecule has 7 heteroatoms. The number of nitrogens with one attached hydrogen (secondary N) is 2. The number of piperazine rings is 1. The van der Waals surface area contributed by atoms with E-state index in [2.05, 4.69) is 58.5 Å². The van der Waals surface area contributed by atoms with Crippen molar-refractivity contribution < 1.29 is 4.74 Å². The fourth-order valence-electron chi connectivity index (χ4n) is 3.79. The summed E-state index contributed by atoms with van der Waals surface area (Å²) < 4.78 is 5.72. The van der Waals surface area contributed by atoms with Gasteiger partial charge in [0.05, 0.1) is 6.54 Å². The van der Waals surface area contributed by atoms with Crippen molar-refractivity contribution in [1.82, 2.24) is 20.4 Å². The maximum Gasteiger partial charge on any atom is 0.191 e. The molecule has 1 saturated carbocycles. The summed E-state index contributed by atoms with van der Waals surface area (Å²) in [6.45, 7) is 15.4. The Morgan fingerprint density at radius 2 is 1.74 bits per heavy atom. The molecule has 2 fully saturated rings. The van der Waals surface area contributed by atoms with Crippen LogP contribution in [0.25, 0.3) is 0 Å². The minimum absolute atomic E-state index is 0. The normalized spacial score (nSPS) is 17.9. The van der Waals surface area contributed by atoms with E-state index in [0.717, 1.165) is 70.8 Å². The van der Waals surface area contributed by atoms with Gasteiger partial charge >= 0.3 is 0 Å². The molecule has 3 rings (SSSR count). The highest BCUT2D eigenvalue weighted by Crippen LogP contribution is 2.28. The lowest BCUT2D eigenvalue weighted by molar-refractivity contribution is 0.123. The molecule has 0 radical (unpaired) electrons. The summed E-state index contributed by atoms with van der Waals surface area (Å²) in [6.07, 6.45) is 3.72. The summed E-state index contributed by atoms with van der Waals surface area (Å²) in [7, 11) is 0. The molecule has 1 saturated heterocycles. The van der Waals surface area contributed by atoms with E-state index < -0.39 is 0 Å². The summed E-state index contributed by atoms with van der Waals surface area (Å²) in [5, 5.41) is 6.82. The van der Waals surface area contributed by atoms with Crippen molar-refractivity contribution in [2.24, 2.45) is 10.9 Å². The van der Waals surface area contributed by atoms with Gasteiger partial charge in [0.1, 0.15) is 0 Å². The zero-order valence-corrected chi connectivity index (χ0v) is 21.8. The fraction of sp³-hybridized carbons (Fsp3) is 0.708. The third-order valence-electron chi connectivity index (χ3n) is 5.98. The Morgan fingerprint density at radius 3 is 2.42 bits per heavy atom. The van der Waals surface area contributed by atoms with E-state index in [1.807, 2.05) is 0 Å². The summed E-state index contributed by atoms with van der Waals surface area (Å²) in [6, 6.07) is 8.75. The molecule has 6 nitrogen and oxygen atoms in total. The number of halogens is 1. The first-order valence-electron chi connectivity index (χ1n) is 11.9. The minimum atomic E-state index is 0. The van der Waals surface area contributed by atoms with E-state index >= 15 is 0 Å². The maximum atomic E-state index is 5.72. The second-order valence-corrected chi connectivity index (χ2v) is 8.47. The Bertz CT molecular complexity index is 645. The SMILES string of the molecule is CCNC(=NCc1ccccc1CN1CCN(CC)CC1)NCCCOCC1CC1.I. The first kappa shape index (κ1) is 26.4. The maximum absolute atomic E-state index is 5.72. The molecule has 1 heterocycles. The van der Waals surface area contributed by atoms with Crippen LogP contribution >= 0.6 is 24.0 Å². The van der Waals surface area contributed by atoms with E-state index in [1.54, 1.807) is 0 Å². The van der Waals surface area contributed by atoms with E-state index in [0.29, 0.717) is 6.54 Å². The Morgan fingerprint density at radius 1 is 1.03 bits per heavy atom. The fourth-order valence-corrected chi connectivity index (χ4v) is 3.79. The van der Waals surface area contributed by atoms with Crippen LogP contribution in [0.5, 0.6) is 0 Å². The number of ether oxygens (including phenoxy) is 1. The van der Waals surface area contributed by atoms with E-state index in [-0.39, 0.29) is 24.0 Å². The summed E-state index contributed by atoms with van der Waals surface area (Å²) in [5.41, 5.74) is 2.72. The monoisotopic (exact) mass is 543 g/mol. The molecule has 2 aliphatic rings. The summed E-state index contributed by atoms with van der Waals surface area (Å²) >= 11 is 0. The van der Waals surface area contributed by atoms with Crippen molar-refractivity contribution in [3.8, 4) is 0 Å². The molecule has 0 spiro atoms. The number of aliphatic imine (C=N–C) groups is 1. The Hall–Kier alpha value is -0.900. The number of guanidine groups is 1. The molecule has 0 unspecified atom stereocenters. The van der Waals surface area contributed by atoms with Crippen LogP contribution in [0.1, 0.15) is 44.2 Å². The lowest BCUT2D eigenvalue weighted by atomic mass is 10.1. The van der Waals surface area contributed by atoms with Crippen LogP contribution in [0.15, 0.2) is 29.3 Å². The molecule has 2 N–H and O–H groups in total. The molecule has 0 amide bonds. The molecule has 0 bridgehead atoms. The molecule has 176 valence electrons. The third-order valence-corrected chi connectivity index (χ3v) is 5.98.